The first-order valence-corrected chi connectivity index (χ1v) is 12.1. The molecule has 0 aliphatic rings. The van der Waals surface area contributed by atoms with Crippen molar-refractivity contribution < 1.29 is 39.1 Å². The van der Waals surface area contributed by atoms with E-state index in [2.05, 4.69) is 15.5 Å². The van der Waals surface area contributed by atoms with Crippen molar-refractivity contribution in [1.29, 1.82) is 0 Å². The molecule has 0 atom stereocenters. The number of ketones is 1. The highest BCUT2D eigenvalue weighted by molar-refractivity contribution is 6.06. The molecule has 0 spiro atoms. The van der Waals surface area contributed by atoms with Crippen LogP contribution >= 0.6 is 0 Å². The Morgan fingerprint density at radius 3 is 1.77 bits per heavy atom. The van der Waals surface area contributed by atoms with Crippen LogP contribution in [0.2, 0.25) is 0 Å². The SMILES string of the molecule is CNc1ccc(Oc2ccc(NC(=O)c3cc(Oc4ccc(C(C)=O)c(C(=O)O)c4)ccc3COO)cc2)cc1. The van der Waals surface area contributed by atoms with Crippen molar-refractivity contribution in [3.05, 3.63) is 107 Å². The highest BCUT2D eigenvalue weighted by Crippen LogP contribution is 2.28. The molecule has 4 N–H and O–H groups in total. The molecule has 0 aromatic heterocycles. The van der Waals surface area contributed by atoms with Crippen LogP contribution in [-0.2, 0) is 11.5 Å². The van der Waals surface area contributed by atoms with Gasteiger partial charge in [-0.15, -0.1) is 0 Å². The summed E-state index contributed by atoms with van der Waals surface area (Å²) < 4.78 is 11.6. The summed E-state index contributed by atoms with van der Waals surface area (Å²) in [5.41, 5.74) is 1.86. The normalized spacial score (nSPS) is 10.5. The highest BCUT2D eigenvalue weighted by atomic mass is 17.1. The van der Waals surface area contributed by atoms with Crippen LogP contribution in [-0.4, -0.2) is 35.1 Å². The zero-order valence-corrected chi connectivity index (χ0v) is 21.6. The summed E-state index contributed by atoms with van der Waals surface area (Å²) in [6.45, 7) is 1.03. The summed E-state index contributed by atoms with van der Waals surface area (Å²) >= 11 is 0. The molecule has 1 amide bonds. The number of rotatable bonds is 11. The second-order valence-corrected chi connectivity index (χ2v) is 8.62. The van der Waals surface area contributed by atoms with Gasteiger partial charge in [-0.3, -0.25) is 14.8 Å². The Morgan fingerprint density at radius 2 is 1.23 bits per heavy atom. The number of amides is 1. The predicted octanol–water partition coefficient (Wildman–Crippen LogP) is 6.46. The summed E-state index contributed by atoms with van der Waals surface area (Å²) in [5.74, 6) is -0.521. The molecular weight excluding hydrogens is 516 g/mol. The van der Waals surface area contributed by atoms with E-state index in [1.54, 1.807) is 36.4 Å². The monoisotopic (exact) mass is 542 g/mol. The van der Waals surface area contributed by atoms with Gasteiger partial charge in [0, 0.05) is 29.5 Å². The van der Waals surface area contributed by atoms with Gasteiger partial charge >= 0.3 is 5.97 Å². The first kappa shape index (κ1) is 27.8. The Bertz CT molecular complexity index is 1530. The van der Waals surface area contributed by atoms with Gasteiger partial charge in [-0.2, -0.15) is 0 Å². The third kappa shape index (κ3) is 6.81. The van der Waals surface area contributed by atoms with Gasteiger partial charge in [-0.05, 0) is 91.3 Å². The van der Waals surface area contributed by atoms with Crippen LogP contribution in [0.3, 0.4) is 0 Å². The molecule has 0 radical (unpaired) electrons. The molecule has 0 fully saturated rings. The first-order valence-electron chi connectivity index (χ1n) is 12.1. The number of benzene rings is 4. The summed E-state index contributed by atoms with van der Waals surface area (Å²) in [7, 11) is 1.83. The number of carbonyl (C=O) groups is 3. The van der Waals surface area contributed by atoms with E-state index in [1.807, 2.05) is 31.3 Å². The van der Waals surface area contributed by atoms with E-state index in [-0.39, 0.29) is 40.6 Å². The lowest BCUT2D eigenvalue weighted by molar-refractivity contribution is -0.253. The van der Waals surface area contributed by atoms with Crippen LogP contribution in [0.15, 0.2) is 84.9 Å². The molecule has 4 aromatic carbocycles. The van der Waals surface area contributed by atoms with Crippen molar-refractivity contribution in [3.63, 3.8) is 0 Å². The van der Waals surface area contributed by atoms with E-state index in [1.165, 1.54) is 31.2 Å². The summed E-state index contributed by atoms with van der Waals surface area (Å²) in [5, 5.41) is 24.3. The Hall–Kier alpha value is -5.19. The van der Waals surface area contributed by atoms with Gasteiger partial charge in [0.1, 0.15) is 29.6 Å². The summed E-state index contributed by atoms with van der Waals surface area (Å²) in [6, 6.07) is 22.8. The van der Waals surface area contributed by atoms with Crippen LogP contribution in [0.5, 0.6) is 23.0 Å². The van der Waals surface area contributed by atoms with Gasteiger partial charge in [-0.25, -0.2) is 9.68 Å². The maximum atomic E-state index is 13.2. The molecule has 0 saturated heterocycles. The second kappa shape index (κ2) is 12.6. The van der Waals surface area contributed by atoms with Crippen molar-refractivity contribution in [2.24, 2.45) is 0 Å². The number of hydrogen-bond donors (Lipinski definition) is 4. The number of Topliss-reactive ketones (excluding diaryl/α,β-unsaturated/α-hetero) is 1. The van der Waals surface area contributed by atoms with E-state index in [0.29, 0.717) is 22.7 Å². The topological polar surface area (TPSA) is 143 Å². The number of carbonyl (C=O) groups excluding carboxylic acids is 2. The molecule has 0 heterocycles. The molecular formula is C30H26N2O8. The fourth-order valence-corrected chi connectivity index (χ4v) is 3.86. The van der Waals surface area contributed by atoms with Crippen molar-refractivity contribution >= 4 is 29.0 Å². The Balaban J connectivity index is 1.51. The molecule has 4 aromatic rings. The smallest absolute Gasteiger partial charge is 0.336 e. The van der Waals surface area contributed by atoms with Gasteiger partial charge in [0.15, 0.2) is 5.78 Å². The fourth-order valence-electron chi connectivity index (χ4n) is 3.86. The lowest BCUT2D eigenvalue weighted by Gasteiger charge is -2.13. The first-order chi connectivity index (χ1) is 19.3. The van der Waals surface area contributed by atoms with E-state index in [4.69, 9.17) is 14.7 Å². The maximum absolute atomic E-state index is 13.2. The molecule has 204 valence electrons. The zero-order valence-electron chi connectivity index (χ0n) is 21.6. The van der Waals surface area contributed by atoms with Gasteiger partial charge < -0.3 is 25.2 Å². The van der Waals surface area contributed by atoms with Crippen LogP contribution in [0.1, 0.15) is 43.6 Å². The Morgan fingerprint density at radius 1 is 0.700 bits per heavy atom. The largest absolute Gasteiger partial charge is 0.478 e. The third-order valence-electron chi connectivity index (χ3n) is 5.87. The quantitative estimate of drug-likeness (QED) is 0.0954. The van der Waals surface area contributed by atoms with Crippen LogP contribution in [0.25, 0.3) is 0 Å². The van der Waals surface area contributed by atoms with Gasteiger partial charge in [0.25, 0.3) is 5.91 Å². The highest BCUT2D eigenvalue weighted by Gasteiger charge is 2.17. The lowest BCUT2D eigenvalue weighted by atomic mass is 10.0. The molecule has 40 heavy (non-hydrogen) atoms. The molecule has 0 aliphatic carbocycles. The minimum Gasteiger partial charge on any atom is -0.478 e. The summed E-state index contributed by atoms with van der Waals surface area (Å²) in [6.07, 6.45) is 0. The summed E-state index contributed by atoms with van der Waals surface area (Å²) in [4.78, 5) is 40.7. The van der Waals surface area contributed by atoms with Gasteiger partial charge in [0.2, 0.25) is 0 Å². The van der Waals surface area contributed by atoms with Crippen LogP contribution < -0.4 is 20.1 Å². The molecule has 0 aliphatic heterocycles. The third-order valence-corrected chi connectivity index (χ3v) is 5.87. The van der Waals surface area contributed by atoms with Crippen molar-refractivity contribution in [2.75, 3.05) is 17.7 Å². The van der Waals surface area contributed by atoms with E-state index < -0.39 is 11.9 Å². The number of aromatic carboxylic acids is 1. The minimum atomic E-state index is -1.27. The Labute approximate surface area is 229 Å². The maximum Gasteiger partial charge on any atom is 0.336 e. The average molecular weight is 543 g/mol. The number of nitrogens with one attached hydrogen (secondary N) is 2. The molecule has 4 rings (SSSR count). The van der Waals surface area contributed by atoms with Crippen LogP contribution in [0.4, 0.5) is 11.4 Å². The van der Waals surface area contributed by atoms with Crippen LogP contribution in [0, 0.1) is 0 Å². The molecule has 10 nitrogen and oxygen atoms in total. The standard InChI is InChI=1S/C30H26N2O8/c1-18(33)26-14-13-25(16-28(26)30(35)36)40-24-8-3-19(17-38-37)27(15-24)29(34)32-21-6-11-23(12-7-21)39-22-9-4-20(31-2)5-10-22/h3-16,31,37H,17H2,1-2H3,(H,32,34)(H,35,36). The Kier molecular flexibility index (Phi) is 8.75. The lowest BCUT2D eigenvalue weighted by Crippen LogP contribution is -2.15. The molecule has 0 bridgehead atoms. The number of carboxylic acid groups (broad SMARTS) is 1. The van der Waals surface area contributed by atoms with E-state index in [9.17, 15) is 19.5 Å². The van der Waals surface area contributed by atoms with E-state index in [0.717, 1.165) is 5.69 Å². The minimum absolute atomic E-state index is 0.0541. The fraction of sp³-hybridized carbons (Fsp3) is 0.100. The molecule has 0 saturated carbocycles. The van der Waals surface area contributed by atoms with Crippen molar-refractivity contribution in [1.82, 2.24) is 0 Å². The van der Waals surface area contributed by atoms with Gasteiger partial charge in [0.05, 0.1) is 5.56 Å². The number of hydrogen-bond acceptors (Lipinski definition) is 8. The van der Waals surface area contributed by atoms with Gasteiger partial charge in [-0.1, -0.05) is 6.07 Å². The molecule has 0 unspecified atom stereocenters. The average Bonchev–Trinajstić information content (AvgIpc) is 2.95. The van der Waals surface area contributed by atoms with Crippen molar-refractivity contribution in [2.45, 2.75) is 13.5 Å². The van der Waals surface area contributed by atoms with E-state index >= 15 is 0 Å². The molecule has 10 heteroatoms. The van der Waals surface area contributed by atoms with Crippen molar-refractivity contribution in [3.8, 4) is 23.0 Å². The number of anilines is 2. The predicted molar refractivity (Wildman–Crippen MR) is 148 cm³/mol. The number of ether oxygens (including phenoxy) is 2. The second-order valence-electron chi connectivity index (χ2n) is 8.62. The zero-order chi connectivity index (χ0) is 28.6. The number of carboxylic acids is 1.